The Labute approximate surface area is 116 Å². The first-order valence-electron chi connectivity index (χ1n) is 7.69. The van der Waals surface area contributed by atoms with Crippen molar-refractivity contribution in [3.8, 4) is 0 Å². The van der Waals surface area contributed by atoms with Crippen LogP contribution in [0, 0.1) is 5.92 Å². The van der Waals surface area contributed by atoms with E-state index in [-0.39, 0.29) is 0 Å². The number of likely N-dealkylation sites (tertiary alicyclic amines) is 1. The quantitative estimate of drug-likeness (QED) is 0.881. The van der Waals surface area contributed by atoms with Gasteiger partial charge in [-0.15, -0.1) is 0 Å². The van der Waals surface area contributed by atoms with Crippen molar-refractivity contribution in [3.63, 3.8) is 0 Å². The van der Waals surface area contributed by atoms with Gasteiger partial charge in [0, 0.05) is 25.3 Å². The average molecular weight is 259 g/mol. The Morgan fingerprint density at radius 2 is 2.00 bits per heavy atom. The molecule has 104 valence electrons. The molecule has 1 aromatic heterocycles. The summed E-state index contributed by atoms with van der Waals surface area (Å²) in [6.45, 7) is 6.81. The summed E-state index contributed by atoms with van der Waals surface area (Å²) >= 11 is 0. The van der Waals surface area contributed by atoms with Gasteiger partial charge in [0.05, 0.1) is 5.69 Å². The molecule has 3 heteroatoms. The Bertz CT molecular complexity index is 389. The zero-order valence-corrected chi connectivity index (χ0v) is 11.9. The molecular formula is C16H25N3. The predicted molar refractivity (Wildman–Crippen MR) is 77.8 cm³/mol. The fraction of sp³-hybridized carbons (Fsp3) is 0.688. The van der Waals surface area contributed by atoms with Crippen molar-refractivity contribution < 1.29 is 0 Å². The second-order valence-electron chi connectivity index (χ2n) is 6.27. The molecule has 1 aliphatic carbocycles. The molecule has 1 saturated heterocycles. The van der Waals surface area contributed by atoms with Crippen LogP contribution in [-0.2, 0) is 13.1 Å². The lowest BCUT2D eigenvalue weighted by Crippen LogP contribution is -2.32. The van der Waals surface area contributed by atoms with E-state index in [0.29, 0.717) is 0 Å². The molecule has 1 N–H and O–H groups in total. The van der Waals surface area contributed by atoms with Gasteiger partial charge in [0.25, 0.3) is 0 Å². The Morgan fingerprint density at radius 3 is 2.63 bits per heavy atom. The number of nitrogens with one attached hydrogen (secondary N) is 1. The van der Waals surface area contributed by atoms with Gasteiger partial charge in [-0.2, -0.15) is 0 Å². The van der Waals surface area contributed by atoms with E-state index in [1.54, 1.807) is 0 Å². The second-order valence-corrected chi connectivity index (χ2v) is 6.27. The summed E-state index contributed by atoms with van der Waals surface area (Å²) in [5.41, 5.74) is 2.52. The molecule has 1 aromatic rings. The number of pyridine rings is 1. The summed E-state index contributed by atoms with van der Waals surface area (Å²) in [6.07, 6.45) is 7.40. The van der Waals surface area contributed by atoms with Crippen molar-refractivity contribution in [1.29, 1.82) is 0 Å². The minimum absolute atomic E-state index is 0.773. The smallest absolute Gasteiger partial charge is 0.0544 e. The Balaban J connectivity index is 1.47. The van der Waals surface area contributed by atoms with Crippen molar-refractivity contribution in [3.05, 3.63) is 29.6 Å². The molecule has 0 radical (unpaired) electrons. The average Bonchev–Trinajstić information content (AvgIpc) is 3.25. The standard InChI is InChI=1S/C16H25N3/c1-13-6-8-19(9-7-13)12-16-3-2-14(11-18-16)10-17-15-4-5-15/h2-3,11,13,15,17H,4-10,12H2,1H3. The minimum Gasteiger partial charge on any atom is -0.310 e. The van der Waals surface area contributed by atoms with Gasteiger partial charge in [0.15, 0.2) is 0 Å². The molecule has 19 heavy (non-hydrogen) atoms. The van der Waals surface area contributed by atoms with E-state index in [1.165, 1.54) is 50.0 Å². The van der Waals surface area contributed by atoms with Crippen LogP contribution in [0.15, 0.2) is 18.3 Å². The van der Waals surface area contributed by atoms with Gasteiger partial charge in [0.2, 0.25) is 0 Å². The molecule has 1 aliphatic heterocycles. The number of piperidine rings is 1. The van der Waals surface area contributed by atoms with E-state index in [9.17, 15) is 0 Å². The monoisotopic (exact) mass is 259 g/mol. The molecule has 0 atom stereocenters. The number of aromatic nitrogens is 1. The molecular weight excluding hydrogens is 234 g/mol. The lowest BCUT2D eigenvalue weighted by Gasteiger charge is -2.29. The zero-order valence-electron chi connectivity index (χ0n) is 11.9. The van der Waals surface area contributed by atoms with Crippen LogP contribution in [0.1, 0.15) is 43.9 Å². The van der Waals surface area contributed by atoms with Crippen LogP contribution in [0.4, 0.5) is 0 Å². The molecule has 1 saturated carbocycles. The predicted octanol–water partition coefficient (Wildman–Crippen LogP) is 2.57. The third kappa shape index (κ3) is 4.02. The summed E-state index contributed by atoms with van der Waals surface area (Å²) < 4.78 is 0. The third-order valence-corrected chi connectivity index (χ3v) is 4.32. The van der Waals surface area contributed by atoms with Gasteiger partial charge in [-0.3, -0.25) is 9.88 Å². The SMILES string of the molecule is CC1CCN(Cc2ccc(CNC3CC3)cn2)CC1. The van der Waals surface area contributed by atoms with Crippen molar-refractivity contribution >= 4 is 0 Å². The molecule has 0 amide bonds. The molecule has 2 fully saturated rings. The number of rotatable bonds is 5. The van der Waals surface area contributed by atoms with Gasteiger partial charge < -0.3 is 5.32 Å². The molecule has 0 spiro atoms. The lowest BCUT2D eigenvalue weighted by atomic mass is 9.99. The Kier molecular flexibility index (Phi) is 4.14. The van der Waals surface area contributed by atoms with Crippen molar-refractivity contribution in [2.24, 2.45) is 5.92 Å². The maximum absolute atomic E-state index is 4.61. The number of hydrogen-bond acceptors (Lipinski definition) is 3. The van der Waals surface area contributed by atoms with Gasteiger partial charge in [-0.1, -0.05) is 13.0 Å². The van der Waals surface area contributed by atoms with E-state index >= 15 is 0 Å². The van der Waals surface area contributed by atoms with Crippen LogP contribution >= 0.6 is 0 Å². The molecule has 0 bridgehead atoms. The normalized spacial score (nSPS) is 21.7. The summed E-state index contributed by atoms with van der Waals surface area (Å²) in [4.78, 5) is 7.14. The highest BCUT2D eigenvalue weighted by molar-refractivity contribution is 5.14. The summed E-state index contributed by atoms with van der Waals surface area (Å²) in [5, 5.41) is 3.53. The maximum atomic E-state index is 4.61. The van der Waals surface area contributed by atoms with Crippen molar-refractivity contribution in [2.45, 2.75) is 51.7 Å². The Morgan fingerprint density at radius 1 is 1.21 bits per heavy atom. The van der Waals surface area contributed by atoms with Crippen LogP contribution in [-0.4, -0.2) is 29.0 Å². The molecule has 0 unspecified atom stereocenters. The largest absolute Gasteiger partial charge is 0.310 e. The second kappa shape index (κ2) is 6.02. The molecule has 3 rings (SSSR count). The van der Waals surface area contributed by atoms with Crippen LogP contribution < -0.4 is 5.32 Å². The summed E-state index contributed by atoms with van der Waals surface area (Å²) in [7, 11) is 0. The van der Waals surface area contributed by atoms with E-state index in [1.807, 2.05) is 6.20 Å². The molecule has 0 aromatic carbocycles. The van der Waals surface area contributed by atoms with Crippen LogP contribution in [0.2, 0.25) is 0 Å². The first-order chi connectivity index (χ1) is 9.29. The van der Waals surface area contributed by atoms with Crippen LogP contribution in [0.5, 0.6) is 0 Å². The highest BCUT2D eigenvalue weighted by Crippen LogP contribution is 2.19. The fourth-order valence-corrected chi connectivity index (χ4v) is 2.65. The summed E-state index contributed by atoms with van der Waals surface area (Å²) in [5.74, 6) is 0.903. The van der Waals surface area contributed by atoms with E-state index < -0.39 is 0 Å². The first kappa shape index (κ1) is 13.1. The minimum atomic E-state index is 0.773. The Hall–Kier alpha value is -0.930. The highest BCUT2D eigenvalue weighted by atomic mass is 15.1. The third-order valence-electron chi connectivity index (χ3n) is 4.32. The van der Waals surface area contributed by atoms with Gasteiger partial charge >= 0.3 is 0 Å². The van der Waals surface area contributed by atoms with Gasteiger partial charge in [-0.25, -0.2) is 0 Å². The van der Waals surface area contributed by atoms with Crippen LogP contribution in [0.3, 0.4) is 0 Å². The van der Waals surface area contributed by atoms with Crippen molar-refractivity contribution in [2.75, 3.05) is 13.1 Å². The lowest BCUT2D eigenvalue weighted by molar-refractivity contribution is 0.183. The highest BCUT2D eigenvalue weighted by Gasteiger charge is 2.20. The fourth-order valence-electron chi connectivity index (χ4n) is 2.65. The van der Waals surface area contributed by atoms with Crippen molar-refractivity contribution in [1.82, 2.24) is 15.2 Å². The number of nitrogens with zero attached hydrogens (tertiary/aromatic N) is 2. The van der Waals surface area contributed by atoms with Crippen LogP contribution in [0.25, 0.3) is 0 Å². The van der Waals surface area contributed by atoms with Gasteiger partial charge in [0.1, 0.15) is 0 Å². The van der Waals surface area contributed by atoms with Gasteiger partial charge in [-0.05, 0) is 56.3 Å². The van der Waals surface area contributed by atoms with E-state index in [2.05, 4.69) is 34.3 Å². The topological polar surface area (TPSA) is 28.2 Å². The summed E-state index contributed by atoms with van der Waals surface area (Å²) in [6, 6.07) is 5.20. The first-order valence-corrected chi connectivity index (χ1v) is 7.69. The van der Waals surface area contributed by atoms with E-state index in [4.69, 9.17) is 0 Å². The zero-order chi connectivity index (χ0) is 13.1. The van der Waals surface area contributed by atoms with E-state index in [0.717, 1.165) is 25.0 Å². The molecule has 3 nitrogen and oxygen atoms in total. The number of hydrogen-bond donors (Lipinski definition) is 1. The maximum Gasteiger partial charge on any atom is 0.0544 e. The molecule has 2 aliphatic rings. The molecule has 2 heterocycles.